The third-order valence-electron chi connectivity index (χ3n) is 2.56. The monoisotopic (exact) mass is 308 g/mol. The molecule has 1 aromatic rings. The first-order chi connectivity index (χ1) is 9.18. The molecule has 1 aliphatic rings. The predicted molar refractivity (Wildman–Crippen MR) is 63.7 cm³/mol. The van der Waals surface area contributed by atoms with E-state index in [9.17, 15) is 18.0 Å². The Kier molecular flexibility index (Phi) is 3.56. The Labute approximate surface area is 116 Å². The Balaban J connectivity index is 2.53. The average Bonchev–Trinajstić information content (AvgIpc) is 2.25. The molecule has 8 heteroatoms. The molecular formula is C12H8ClF3O4. The smallest absolute Gasteiger partial charge is 0.472 e. The lowest BCUT2D eigenvalue weighted by molar-refractivity contribution is -0.191. The highest BCUT2D eigenvalue weighted by molar-refractivity contribution is 6.30. The molecule has 1 atom stereocenters. The second kappa shape index (κ2) is 4.90. The normalized spacial score (nSPS) is 17.9. The van der Waals surface area contributed by atoms with Crippen LogP contribution in [0.5, 0.6) is 5.75 Å². The minimum Gasteiger partial charge on any atom is -0.472 e. The van der Waals surface area contributed by atoms with Gasteiger partial charge in [-0.05, 0) is 30.7 Å². The molecule has 2 rings (SSSR count). The summed E-state index contributed by atoms with van der Waals surface area (Å²) in [5, 5.41) is 8.79. The van der Waals surface area contributed by atoms with Gasteiger partial charge in [-0.15, -0.1) is 0 Å². The Bertz CT molecular complexity index is 595. The van der Waals surface area contributed by atoms with E-state index in [-0.39, 0.29) is 11.3 Å². The Morgan fingerprint density at radius 2 is 2.10 bits per heavy atom. The molecule has 0 saturated heterocycles. The molecule has 4 nitrogen and oxygen atoms in total. The van der Waals surface area contributed by atoms with Crippen LogP contribution in [0.4, 0.5) is 18.0 Å². The van der Waals surface area contributed by atoms with E-state index in [1.54, 1.807) is 0 Å². The number of benzene rings is 1. The molecule has 20 heavy (non-hydrogen) atoms. The van der Waals surface area contributed by atoms with Gasteiger partial charge in [0.1, 0.15) is 5.75 Å². The second-order valence-corrected chi connectivity index (χ2v) is 4.53. The fourth-order valence-electron chi connectivity index (χ4n) is 1.84. The average molecular weight is 309 g/mol. The summed E-state index contributed by atoms with van der Waals surface area (Å²) in [5.41, 5.74) is 0.638. The second-order valence-electron chi connectivity index (χ2n) is 4.10. The van der Waals surface area contributed by atoms with E-state index in [1.165, 1.54) is 19.1 Å². The molecule has 0 bridgehead atoms. The standard InChI is InChI=1S/C12H8ClF3O4/c1-5-2-7(13)3-6-4-8(19-11(17)18)10(12(14,15)16)20-9(5)6/h2-4,10H,1H3,(H,17,18). The minimum absolute atomic E-state index is 0.00513. The van der Waals surface area contributed by atoms with Crippen LogP contribution in [0.2, 0.25) is 5.02 Å². The van der Waals surface area contributed by atoms with E-state index < -0.39 is 24.2 Å². The summed E-state index contributed by atoms with van der Waals surface area (Å²) in [6, 6.07) is 2.81. The van der Waals surface area contributed by atoms with E-state index >= 15 is 0 Å². The highest BCUT2D eigenvalue weighted by Gasteiger charge is 2.48. The van der Waals surface area contributed by atoms with Crippen molar-refractivity contribution in [1.29, 1.82) is 0 Å². The minimum atomic E-state index is -4.80. The third-order valence-corrected chi connectivity index (χ3v) is 2.78. The molecule has 1 aromatic carbocycles. The van der Waals surface area contributed by atoms with Crippen LogP contribution in [0, 0.1) is 6.92 Å². The summed E-state index contributed by atoms with van der Waals surface area (Å²) in [6.07, 6.45) is -8.16. The number of rotatable bonds is 1. The first-order valence-corrected chi connectivity index (χ1v) is 5.72. The van der Waals surface area contributed by atoms with Crippen molar-refractivity contribution in [2.24, 2.45) is 0 Å². The van der Waals surface area contributed by atoms with Gasteiger partial charge in [0, 0.05) is 10.6 Å². The van der Waals surface area contributed by atoms with Gasteiger partial charge in [-0.25, -0.2) is 4.79 Å². The maximum absolute atomic E-state index is 12.9. The van der Waals surface area contributed by atoms with Gasteiger partial charge in [0.05, 0.1) is 0 Å². The Morgan fingerprint density at radius 3 is 2.65 bits per heavy atom. The van der Waals surface area contributed by atoms with Gasteiger partial charge >= 0.3 is 12.3 Å². The highest BCUT2D eigenvalue weighted by Crippen LogP contribution is 2.40. The molecule has 1 heterocycles. The molecule has 0 aliphatic carbocycles. The van der Waals surface area contributed by atoms with Gasteiger partial charge in [-0.2, -0.15) is 13.2 Å². The summed E-state index contributed by atoms with van der Waals surface area (Å²) in [6.45, 7) is 1.54. The van der Waals surface area contributed by atoms with Gasteiger partial charge in [0.25, 0.3) is 6.10 Å². The first-order valence-electron chi connectivity index (χ1n) is 5.34. The van der Waals surface area contributed by atoms with E-state index in [4.69, 9.17) is 21.4 Å². The largest absolute Gasteiger partial charge is 0.511 e. The van der Waals surface area contributed by atoms with Crippen LogP contribution >= 0.6 is 11.6 Å². The van der Waals surface area contributed by atoms with Crippen LogP contribution in [0.3, 0.4) is 0 Å². The van der Waals surface area contributed by atoms with E-state index in [0.717, 1.165) is 6.08 Å². The van der Waals surface area contributed by atoms with Crippen molar-refractivity contribution in [2.75, 3.05) is 0 Å². The molecule has 1 unspecified atom stereocenters. The third kappa shape index (κ3) is 2.82. The summed E-state index contributed by atoms with van der Waals surface area (Å²) in [7, 11) is 0. The molecule has 0 amide bonds. The lowest BCUT2D eigenvalue weighted by Crippen LogP contribution is -2.39. The van der Waals surface area contributed by atoms with Gasteiger partial charge in [-0.3, -0.25) is 0 Å². The van der Waals surface area contributed by atoms with Crippen molar-refractivity contribution in [3.8, 4) is 5.75 Å². The van der Waals surface area contributed by atoms with Crippen molar-refractivity contribution < 1.29 is 32.5 Å². The zero-order chi connectivity index (χ0) is 15.1. The number of ether oxygens (including phenoxy) is 2. The number of aryl methyl sites for hydroxylation is 1. The number of halogens is 4. The first kappa shape index (κ1) is 14.5. The predicted octanol–water partition coefficient (Wildman–Crippen LogP) is 4.01. The van der Waals surface area contributed by atoms with Crippen molar-refractivity contribution >= 4 is 23.8 Å². The van der Waals surface area contributed by atoms with Gasteiger partial charge in [0.15, 0.2) is 5.76 Å². The quantitative estimate of drug-likeness (QED) is 0.796. The van der Waals surface area contributed by atoms with Crippen molar-refractivity contribution in [1.82, 2.24) is 0 Å². The highest BCUT2D eigenvalue weighted by atomic mass is 35.5. The van der Waals surface area contributed by atoms with Crippen LogP contribution in [0.25, 0.3) is 6.08 Å². The van der Waals surface area contributed by atoms with Gasteiger partial charge in [-0.1, -0.05) is 11.6 Å². The van der Waals surface area contributed by atoms with Crippen LogP contribution in [-0.2, 0) is 4.74 Å². The number of hydrogen-bond acceptors (Lipinski definition) is 3. The molecule has 1 aliphatic heterocycles. The molecular weight excluding hydrogens is 301 g/mol. The molecule has 0 saturated carbocycles. The summed E-state index contributed by atoms with van der Waals surface area (Å²) >= 11 is 5.80. The van der Waals surface area contributed by atoms with Crippen LogP contribution < -0.4 is 4.74 Å². The SMILES string of the molecule is Cc1cc(Cl)cc2c1OC(C(F)(F)F)C(OC(=O)O)=C2. The lowest BCUT2D eigenvalue weighted by atomic mass is 10.0. The van der Waals surface area contributed by atoms with E-state index in [1.807, 2.05) is 0 Å². The molecule has 1 N–H and O–H groups in total. The number of carbonyl (C=O) groups is 1. The van der Waals surface area contributed by atoms with Gasteiger partial charge < -0.3 is 14.6 Å². The lowest BCUT2D eigenvalue weighted by Gasteiger charge is -2.28. The van der Waals surface area contributed by atoms with Crippen LogP contribution in [0.15, 0.2) is 17.9 Å². The molecule has 0 spiro atoms. The van der Waals surface area contributed by atoms with Crippen molar-refractivity contribution in [3.63, 3.8) is 0 Å². The molecule has 0 radical (unpaired) electrons. The zero-order valence-electron chi connectivity index (χ0n) is 9.99. The molecule has 0 aromatic heterocycles. The summed E-state index contributed by atoms with van der Waals surface area (Å²) in [4.78, 5) is 10.5. The topological polar surface area (TPSA) is 55.8 Å². The summed E-state index contributed by atoms with van der Waals surface area (Å²) in [5.74, 6) is -0.853. The fourth-order valence-corrected chi connectivity index (χ4v) is 2.12. The van der Waals surface area contributed by atoms with Crippen molar-refractivity contribution in [3.05, 3.63) is 34.0 Å². The van der Waals surface area contributed by atoms with Gasteiger partial charge in [0.2, 0.25) is 0 Å². The summed E-state index contributed by atoms with van der Waals surface area (Å²) < 4.78 is 47.7. The molecule has 108 valence electrons. The van der Waals surface area contributed by atoms with E-state index in [2.05, 4.69) is 4.74 Å². The Hall–Kier alpha value is -1.89. The van der Waals surface area contributed by atoms with Crippen molar-refractivity contribution in [2.45, 2.75) is 19.2 Å². The van der Waals surface area contributed by atoms with Crippen LogP contribution in [-0.4, -0.2) is 23.5 Å². The maximum Gasteiger partial charge on any atom is 0.511 e. The van der Waals surface area contributed by atoms with Crippen LogP contribution in [0.1, 0.15) is 11.1 Å². The number of alkyl halides is 3. The Morgan fingerprint density at radius 1 is 1.45 bits per heavy atom. The van der Waals surface area contributed by atoms with E-state index in [0.29, 0.717) is 10.6 Å². The number of hydrogen-bond donors (Lipinski definition) is 1. The number of fused-ring (bicyclic) bond motifs is 1. The maximum atomic E-state index is 12.9. The fraction of sp³-hybridized carbons (Fsp3) is 0.250. The zero-order valence-corrected chi connectivity index (χ0v) is 10.7. The molecule has 0 fully saturated rings. The number of carboxylic acid groups (broad SMARTS) is 1.